The molecule has 0 radical (unpaired) electrons. The van der Waals surface area contributed by atoms with Gasteiger partial charge in [-0.2, -0.15) is 0 Å². The zero-order valence-electron chi connectivity index (χ0n) is 11.5. The summed E-state index contributed by atoms with van der Waals surface area (Å²) in [4.78, 5) is 4.08. The van der Waals surface area contributed by atoms with E-state index in [0.29, 0.717) is 18.2 Å². The third-order valence-electron chi connectivity index (χ3n) is 2.87. The summed E-state index contributed by atoms with van der Waals surface area (Å²) in [6.07, 6.45) is 0. The van der Waals surface area contributed by atoms with Crippen LogP contribution in [-0.2, 0) is 11.3 Å². The molecular formula is C17H18N2O. The number of ether oxygens (including phenoxy) is 1. The van der Waals surface area contributed by atoms with Gasteiger partial charge >= 0.3 is 0 Å². The lowest BCUT2D eigenvalue weighted by Crippen LogP contribution is -2.12. The standard InChI is InChI=1S/C17H18N2O/c1-18-16(15-11-7-4-8-12-15)17(19-2)20-13-14-9-5-3-6-10-14/h3-12,19H,1,13H2,2H3/b17-16-. The quantitative estimate of drug-likeness (QED) is 0.642. The smallest absolute Gasteiger partial charge is 0.214 e. The molecule has 3 nitrogen and oxygen atoms in total. The van der Waals surface area contributed by atoms with Crippen LogP contribution in [0.3, 0.4) is 0 Å². The van der Waals surface area contributed by atoms with Crippen LogP contribution in [0.1, 0.15) is 11.1 Å². The maximum Gasteiger partial charge on any atom is 0.214 e. The predicted octanol–water partition coefficient (Wildman–Crippen LogP) is 3.45. The topological polar surface area (TPSA) is 33.6 Å². The first-order valence-corrected chi connectivity index (χ1v) is 6.46. The maximum absolute atomic E-state index is 5.82. The molecule has 0 amide bonds. The lowest BCUT2D eigenvalue weighted by Gasteiger charge is -2.13. The SMILES string of the molecule is C=N/C(=C(/NC)OCc1ccccc1)c1ccccc1. The summed E-state index contributed by atoms with van der Waals surface area (Å²) in [5.41, 5.74) is 2.79. The fraction of sp³-hybridized carbons (Fsp3) is 0.118. The van der Waals surface area contributed by atoms with Crippen LogP contribution in [0, 0.1) is 0 Å². The zero-order chi connectivity index (χ0) is 14.2. The molecule has 0 fully saturated rings. The van der Waals surface area contributed by atoms with E-state index in [-0.39, 0.29) is 0 Å². The van der Waals surface area contributed by atoms with Crippen molar-refractivity contribution in [2.24, 2.45) is 4.99 Å². The van der Waals surface area contributed by atoms with Gasteiger partial charge in [0, 0.05) is 12.6 Å². The fourth-order valence-corrected chi connectivity index (χ4v) is 1.88. The van der Waals surface area contributed by atoms with E-state index in [1.165, 1.54) is 0 Å². The summed E-state index contributed by atoms with van der Waals surface area (Å²) < 4.78 is 5.82. The first kappa shape index (κ1) is 13.9. The second-order valence-electron chi connectivity index (χ2n) is 4.23. The van der Waals surface area contributed by atoms with E-state index in [1.54, 1.807) is 0 Å². The molecule has 0 aromatic heterocycles. The first-order valence-electron chi connectivity index (χ1n) is 6.46. The molecule has 0 aliphatic rings. The Morgan fingerprint density at radius 1 is 1.05 bits per heavy atom. The van der Waals surface area contributed by atoms with E-state index in [1.807, 2.05) is 67.7 Å². The summed E-state index contributed by atoms with van der Waals surface area (Å²) in [5, 5.41) is 3.05. The van der Waals surface area contributed by atoms with Crippen molar-refractivity contribution in [2.45, 2.75) is 6.61 Å². The van der Waals surface area contributed by atoms with E-state index < -0.39 is 0 Å². The molecule has 3 heteroatoms. The minimum atomic E-state index is 0.489. The molecule has 0 aliphatic carbocycles. The maximum atomic E-state index is 5.82. The molecule has 0 bridgehead atoms. The Balaban J connectivity index is 2.20. The second-order valence-corrected chi connectivity index (χ2v) is 4.23. The van der Waals surface area contributed by atoms with Crippen LogP contribution in [0.25, 0.3) is 5.70 Å². The molecule has 102 valence electrons. The van der Waals surface area contributed by atoms with Gasteiger partial charge in [-0.3, -0.25) is 4.99 Å². The number of rotatable bonds is 6. The molecule has 2 aromatic rings. The van der Waals surface area contributed by atoms with Crippen molar-refractivity contribution in [2.75, 3.05) is 7.05 Å². The highest BCUT2D eigenvalue weighted by atomic mass is 16.5. The average Bonchev–Trinajstić information content (AvgIpc) is 2.53. The molecular weight excluding hydrogens is 248 g/mol. The van der Waals surface area contributed by atoms with Gasteiger partial charge in [-0.05, 0) is 12.3 Å². The predicted molar refractivity (Wildman–Crippen MR) is 83.2 cm³/mol. The Morgan fingerprint density at radius 3 is 2.20 bits per heavy atom. The molecule has 0 atom stereocenters. The summed E-state index contributed by atoms with van der Waals surface area (Å²) in [5.74, 6) is 0.620. The summed E-state index contributed by atoms with van der Waals surface area (Å²) >= 11 is 0. The van der Waals surface area contributed by atoms with Crippen molar-refractivity contribution in [1.29, 1.82) is 0 Å². The van der Waals surface area contributed by atoms with Gasteiger partial charge in [0.05, 0.1) is 0 Å². The monoisotopic (exact) mass is 266 g/mol. The van der Waals surface area contributed by atoms with Crippen LogP contribution in [0.15, 0.2) is 71.5 Å². The third kappa shape index (κ3) is 3.48. The number of hydrogen-bond acceptors (Lipinski definition) is 3. The third-order valence-corrected chi connectivity index (χ3v) is 2.87. The number of benzene rings is 2. The Labute approximate surface area is 119 Å². The van der Waals surface area contributed by atoms with E-state index in [2.05, 4.69) is 17.0 Å². The van der Waals surface area contributed by atoms with E-state index in [9.17, 15) is 0 Å². The van der Waals surface area contributed by atoms with Crippen molar-refractivity contribution in [3.8, 4) is 0 Å². The van der Waals surface area contributed by atoms with E-state index in [0.717, 1.165) is 11.1 Å². The highest BCUT2D eigenvalue weighted by Crippen LogP contribution is 2.19. The number of aliphatic imine (C=N–C) groups is 1. The highest BCUT2D eigenvalue weighted by molar-refractivity contribution is 5.69. The van der Waals surface area contributed by atoms with E-state index >= 15 is 0 Å². The van der Waals surface area contributed by atoms with Gasteiger partial charge in [0.25, 0.3) is 0 Å². The average molecular weight is 266 g/mol. The van der Waals surface area contributed by atoms with Gasteiger partial charge in [-0.25, -0.2) is 0 Å². The van der Waals surface area contributed by atoms with Crippen LogP contribution < -0.4 is 5.32 Å². The normalized spacial score (nSPS) is 11.4. The van der Waals surface area contributed by atoms with Crippen LogP contribution in [0.2, 0.25) is 0 Å². The summed E-state index contributed by atoms with van der Waals surface area (Å²) in [7, 11) is 1.81. The van der Waals surface area contributed by atoms with Gasteiger partial charge in [-0.15, -0.1) is 0 Å². The van der Waals surface area contributed by atoms with Gasteiger partial charge in [-0.1, -0.05) is 60.7 Å². The second kappa shape index (κ2) is 7.14. The summed E-state index contributed by atoms with van der Waals surface area (Å²) in [6, 6.07) is 19.9. The first-order chi connectivity index (χ1) is 9.85. The van der Waals surface area contributed by atoms with Crippen molar-refractivity contribution in [3.05, 3.63) is 77.7 Å². The van der Waals surface area contributed by atoms with Crippen molar-refractivity contribution in [3.63, 3.8) is 0 Å². The Morgan fingerprint density at radius 2 is 1.65 bits per heavy atom. The minimum Gasteiger partial charge on any atom is -0.473 e. The number of hydrogen-bond donors (Lipinski definition) is 1. The van der Waals surface area contributed by atoms with Gasteiger partial charge in [0.1, 0.15) is 12.3 Å². The zero-order valence-corrected chi connectivity index (χ0v) is 11.5. The van der Waals surface area contributed by atoms with Crippen LogP contribution in [0.4, 0.5) is 0 Å². The molecule has 0 aliphatic heterocycles. The van der Waals surface area contributed by atoms with Crippen LogP contribution in [-0.4, -0.2) is 13.8 Å². The molecule has 2 aromatic carbocycles. The molecule has 1 N–H and O–H groups in total. The molecule has 0 heterocycles. The molecule has 20 heavy (non-hydrogen) atoms. The molecule has 2 rings (SSSR count). The Hall–Kier alpha value is -2.55. The van der Waals surface area contributed by atoms with Gasteiger partial charge < -0.3 is 10.1 Å². The lowest BCUT2D eigenvalue weighted by molar-refractivity contribution is 0.183. The minimum absolute atomic E-state index is 0.489. The largest absolute Gasteiger partial charge is 0.473 e. The van der Waals surface area contributed by atoms with E-state index in [4.69, 9.17) is 4.74 Å². The van der Waals surface area contributed by atoms with Gasteiger partial charge in [0.2, 0.25) is 5.88 Å². The van der Waals surface area contributed by atoms with Crippen molar-refractivity contribution < 1.29 is 4.74 Å². The molecule has 0 saturated carbocycles. The van der Waals surface area contributed by atoms with Crippen LogP contribution in [0.5, 0.6) is 0 Å². The van der Waals surface area contributed by atoms with Crippen molar-refractivity contribution in [1.82, 2.24) is 5.32 Å². The summed E-state index contributed by atoms with van der Waals surface area (Å²) in [6.45, 7) is 4.12. The van der Waals surface area contributed by atoms with Gasteiger partial charge in [0.15, 0.2) is 0 Å². The lowest BCUT2D eigenvalue weighted by atomic mass is 10.1. The Kier molecular flexibility index (Phi) is 4.95. The van der Waals surface area contributed by atoms with Crippen molar-refractivity contribution >= 4 is 12.4 Å². The number of nitrogens with one attached hydrogen (secondary N) is 1. The Bertz CT molecular complexity index is 576. The molecule has 0 spiro atoms. The number of nitrogens with zero attached hydrogens (tertiary/aromatic N) is 1. The molecule has 0 saturated heterocycles. The highest BCUT2D eigenvalue weighted by Gasteiger charge is 2.08. The molecule has 0 unspecified atom stereocenters. The fourth-order valence-electron chi connectivity index (χ4n) is 1.88. The van der Waals surface area contributed by atoms with Crippen LogP contribution >= 0.6 is 0 Å².